The summed E-state index contributed by atoms with van der Waals surface area (Å²) >= 11 is 0. The van der Waals surface area contributed by atoms with E-state index in [1.54, 1.807) is 11.9 Å². The minimum atomic E-state index is -0.949. The Morgan fingerprint density at radius 3 is 2.00 bits per heavy atom. The smallest absolute Gasteiger partial charge is 0.320 e. The van der Waals surface area contributed by atoms with Gasteiger partial charge in [0.1, 0.15) is 6.54 Å². The van der Waals surface area contributed by atoms with Gasteiger partial charge in [-0.3, -0.25) is 9.59 Å². The molecule has 0 unspecified atom stereocenters. The van der Waals surface area contributed by atoms with Crippen LogP contribution in [-0.2, 0) is 9.59 Å². The van der Waals surface area contributed by atoms with Crippen molar-refractivity contribution in [2.24, 2.45) is 0 Å². The van der Waals surface area contributed by atoms with Crippen LogP contribution in [-0.4, -0.2) is 77.0 Å². The van der Waals surface area contributed by atoms with Crippen LogP contribution in [0.1, 0.15) is 34.1 Å². The summed E-state index contributed by atoms with van der Waals surface area (Å²) in [4.78, 5) is 39.4. The molecule has 0 aliphatic carbocycles. The van der Waals surface area contributed by atoms with Crippen LogP contribution in [0, 0.1) is 0 Å². The number of amides is 3. The van der Waals surface area contributed by atoms with Crippen LogP contribution in [0.2, 0.25) is 0 Å². The molecule has 0 saturated heterocycles. The second-order valence-electron chi connectivity index (χ2n) is 5.14. The predicted octanol–water partition coefficient (Wildman–Crippen LogP) is 1.09. The van der Waals surface area contributed by atoms with Crippen molar-refractivity contribution < 1.29 is 19.5 Å². The molecule has 0 heterocycles. The van der Waals surface area contributed by atoms with Gasteiger partial charge in [0.05, 0.1) is 6.42 Å². The summed E-state index contributed by atoms with van der Waals surface area (Å²) in [5.41, 5.74) is 0. The van der Waals surface area contributed by atoms with Gasteiger partial charge in [-0.1, -0.05) is 0 Å². The first-order chi connectivity index (χ1) is 9.74. The molecule has 0 aromatic heterocycles. The van der Waals surface area contributed by atoms with E-state index >= 15 is 0 Å². The molecule has 0 aliphatic heterocycles. The lowest BCUT2D eigenvalue weighted by Gasteiger charge is -2.31. The lowest BCUT2D eigenvalue weighted by molar-refractivity contribution is -0.137. The normalized spacial score (nSPS) is 10.4. The van der Waals surface area contributed by atoms with Crippen molar-refractivity contribution in [2.45, 2.75) is 40.2 Å². The molecule has 21 heavy (non-hydrogen) atoms. The Morgan fingerprint density at radius 1 is 1.10 bits per heavy atom. The van der Waals surface area contributed by atoms with Gasteiger partial charge in [0.25, 0.3) is 0 Å². The van der Waals surface area contributed by atoms with Crippen molar-refractivity contribution in [3.05, 3.63) is 0 Å². The molecular formula is C14H27N3O4. The second kappa shape index (κ2) is 9.20. The van der Waals surface area contributed by atoms with E-state index in [-0.39, 0.29) is 37.5 Å². The Hall–Kier alpha value is -1.79. The van der Waals surface area contributed by atoms with Crippen molar-refractivity contribution in [3.63, 3.8) is 0 Å². The summed E-state index contributed by atoms with van der Waals surface area (Å²) in [6, 6.07) is -0.449. The first-order valence-corrected chi connectivity index (χ1v) is 7.25. The number of aliphatic carboxylic acids is 1. The molecule has 0 rings (SSSR count). The largest absolute Gasteiger partial charge is 0.481 e. The standard InChI is InChI=1S/C14H27N3O4/c1-6-16(7-2)12(18)10-15(5)14(21)17(11(3)4)9-8-13(19)20/h11H,6-10H2,1-5H3,(H,19,20). The topological polar surface area (TPSA) is 81.2 Å². The highest BCUT2D eigenvalue weighted by Gasteiger charge is 2.23. The fourth-order valence-corrected chi connectivity index (χ4v) is 1.96. The van der Waals surface area contributed by atoms with Crippen LogP contribution in [0.3, 0.4) is 0 Å². The number of hydrogen-bond donors (Lipinski definition) is 1. The molecule has 0 fully saturated rings. The van der Waals surface area contributed by atoms with Crippen LogP contribution in [0.5, 0.6) is 0 Å². The molecule has 122 valence electrons. The van der Waals surface area contributed by atoms with E-state index in [0.717, 1.165) is 0 Å². The maximum Gasteiger partial charge on any atom is 0.320 e. The molecule has 0 aromatic rings. The first-order valence-electron chi connectivity index (χ1n) is 7.25. The number of carboxylic acids is 1. The van der Waals surface area contributed by atoms with Crippen LogP contribution >= 0.6 is 0 Å². The monoisotopic (exact) mass is 301 g/mol. The molecular weight excluding hydrogens is 274 g/mol. The minimum absolute atomic E-state index is 0.00317. The molecule has 7 heteroatoms. The molecule has 0 aliphatic rings. The summed E-state index contributed by atoms with van der Waals surface area (Å²) in [7, 11) is 1.56. The van der Waals surface area contributed by atoms with Crippen LogP contribution in [0.4, 0.5) is 4.79 Å². The molecule has 3 amide bonds. The highest BCUT2D eigenvalue weighted by atomic mass is 16.4. The molecule has 0 saturated carbocycles. The molecule has 0 spiro atoms. The van der Waals surface area contributed by atoms with Gasteiger partial charge in [-0.05, 0) is 27.7 Å². The van der Waals surface area contributed by atoms with Crippen molar-refractivity contribution in [1.82, 2.24) is 14.7 Å². The van der Waals surface area contributed by atoms with Crippen LogP contribution in [0.25, 0.3) is 0 Å². The maximum atomic E-state index is 12.3. The summed E-state index contributed by atoms with van der Waals surface area (Å²) < 4.78 is 0. The number of carboxylic acid groups (broad SMARTS) is 1. The van der Waals surface area contributed by atoms with Crippen LogP contribution in [0.15, 0.2) is 0 Å². The van der Waals surface area contributed by atoms with Crippen LogP contribution < -0.4 is 0 Å². The number of hydrogen-bond acceptors (Lipinski definition) is 3. The third-order valence-electron chi connectivity index (χ3n) is 3.25. The lowest BCUT2D eigenvalue weighted by Crippen LogP contribution is -2.49. The Morgan fingerprint density at radius 2 is 1.62 bits per heavy atom. The van der Waals surface area contributed by atoms with E-state index in [1.165, 1.54) is 9.80 Å². The van der Waals surface area contributed by atoms with Gasteiger partial charge >= 0.3 is 12.0 Å². The third kappa shape index (κ3) is 6.46. The summed E-state index contributed by atoms with van der Waals surface area (Å²) in [6.07, 6.45) is -0.109. The number of urea groups is 1. The lowest BCUT2D eigenvalue weighted by atomic mass is 10.3. The van der Waals surface area contributed by atoms with Gasteiger partial charge in [0.2, 0.25) is 5.91 Å². The fourth-order valence-electron chi connectivity index (χ4n) is 1.96. The third-order valence-corrected chi connectivity index (χ3v) is 3.25. The molecule has 7 nitrogen and oxygen atoms in total. The van der Waals surface area contributed by atoms with E-state index < -0.39 is 5.97 Å². The second-order valence-corrected chi connectivity index (χ2v) is 5.14. The molecule has 0 atom stereocenters. The van der Waals surface area contributed by atoms with E-state index in [1.807, 2.05) is 27.7 Å². The van der Waals surface area contributed by atoms with Gasteiger partial charge in [-0.15, -0.1) is 0 Å². The SMILES string of the molecule is CCN(CC)C(=O)CN(C)C(=O)N(CCC(=O)O)C(C)C. The molecule has 0 radical (unpaired) electrons. The zero-order valence-corrected chi connectivity index (χ0v) is 13.6. The number of nitrogens with zero attached hydrogens (tertiary/aromatic N) is 3. The van der Waals surface area contributed by atoms with Crippen molar-refractivity contribution in [3.8, 4) is 0 Å². The zero-order valence-electron chi connectivity index (χ0n) is 13.6. The van der Waals surface area contributed by atoms with Gasteiger partial charge in [-0.25, -0.2) is 4.79 Å². The predicted molar refractivity (Wildman–Crippen MR) is 80.0 cm³/mol. The van der Waals surface area contributed by atoms with E-state index in [0.29, 0.717) is 13.1 Å². The van der Waals surface area contributed by atoms with E-state index in [2.05, 4.69) is 0 Å². The Balaban J connectivity index is 4.70. The number of carbonyl (C=O) groups is 3. The highest BCUT2D eigenvalue weighted by molar-refractivity contribution is 5.84. The molecule has 0 bridgehead atoms. The number of rotatable bonds is 8. The van der Waals surface area contributed by atoms with Crippen molar-refractivity contribution >= 4 is 17.9 Å². The summed E-state index contributed by atoms with van der Waals surface area (Å²) in [5, 5.41) is 8.73. The number of carbonyl (C=O) groups excluding carboxylic acids is 2. The Bertz CT molecular complexity index is 367. The minimum Gasteiger partial charge on any atom is -0.481 e. The van der Waals surface area contributed by atoms with Gasteiger partial charge in [-0.2, -0.15) is 0 Å². The van der Waals surface area contributed by atoms with Gasteiger partial charge in [0.15, 0.2) is 0 Å². The summed E-state index contributed by atoms with van der Waals surface area (Å²) in [5.74, 6) is -1.06. The molecule has 0 aromatic carbocycles. The fraction of sp³-hybridized carbons (Fsp3) is 0.786. The molecule has 1 N–H and O–H groups in total. The van der Waals surface area contributed by atoms with Crippen molar-refractivity contribution in [2.75, 3.05) is 33.2 Å². The average Bonchev–Trinajstić information content (AvgIpc) is 2.39. The van der Waals surface area contributed by atoms with E-state index in [9.17, 15) is 14.4 Å². The maximum absolute atomic E-state index is 12.3. The number of likely N-dealkylation sites (N-methyl/N-ethyl adjacent to an activating group) is 2. The zero-order chi connectivity index (χ0) is 16.6. The van der Waals surface area contributed by atoms with Crippen molar-refractivity contribution in [1.29, 1.82) is 0 Å². The Labute approximate surface area is 126 Å². The Kier molecular flexibility index (Phi) is 8.42. The summed E-state index contributed by atoms with van der Waals surface area (Å²) in [6.45, 7) is 8.74. The quantitative estimate of drug-likeness (QED) is 0.727. The average molecular weight is 301 g/mol. The van der Waals surface area contributed by atoms with E-state index in [4.69, 9.17) is 5.11 Å². The first kappa shape index (κ1) is 19.2. The van der Waals surface area contributed by atoms with Gasteiger partial charge in [0, 0.05) is 32.7 Å². The highest BCUT2D eigenvalue weighted by Crippen LogP contribution is 2.05. The van der Waals surface area contributed by atoms with Gasteiger partial charge < -0.3 is 19.8 Å².